The predicted octanol–water partition coefficient (Wildman–Crippen LogP) is 3.25. The fraction of sp³-hybridized carbons (Fsp3) is 0.0714. The number of hydrogen-bond acceptors (Lipinski definition) is 3. The van der Waals surface area contributed by atoms with E-state index in [9.17, 15) is 18.0 Å². The minimum absolute atomic E-state index is 0.0352. The fourth-order valence-electron chi connectivity index (χ4n) is 1.94. The standard InChI is InChI=1S/C14H7ClF3N3O/c15-7-1-3-9-10(5-7)20-13(21-12(9)22)14(17,18)11-4-2-8(16)6-19-11/h1-6H,(H,20,21,22). The molecule has 0 aliphatic heterocycles. The topological polar surface area (TPSA) is 58.6 Å². The number of H-pyrrole nitrogens is 1. The molecular formula is C14H7ClF3N3O. The van der Waals surface area contributed by atoms with Gasteiger partial charge in [0.25, 0.3) is 5.56 Å². The van der Waals surface area contributed by atoms with Gasteiger partial charge in [-0.2, -0.15) is 8.78 Å². The summed E-state index contributed by atoms with van der Waals surface area (Å²) in [6.07, 6.45) is 0.666. The Kier molecular flexibility index (Phi) is 3.37. The van der Waals surface area contributed by atoms with Crippen molar-refractivity contribution in [3.8, 4) is 0 Å². The van der Waals surface area contributed by atoms with Crippen LogP contribution in [-0.4, -0.2) is 15.0 Å². The average Bonchev–Trinajstić information content (AvgIpc) is 2.47. The number of benzene rings is 1. The number of halogens is 4. The number of aromatic amines is 1. The fourth-order valence-corrected chi connectivity index (χ4v) is 2.11. The molecule has 0 radical (unpaired) electrons. The van der Waals surface area contributed by atoms with E-state index in [1.165, 1.54) is 18.2 Å². The number of alkyl halides is 2. The van der Waals surface area contributed by atoms with Gasteiger partial charge in [0, 0.05) is 5.02 Å². The zero-order valence-electron chi connectivity index (χ0n) is 10.8. The lowest BCUT2D eigenvalue weighted by atomic mass is 10.2. The van der Waals surface area contributed by atoms with Gasteiger partial charge in [0.2, 0.25) is 0 Å². The van der Waals surface area contributed by atoms with Gasteiger partial charge in [-0.15, -0.1) is 0 Å². The molecule has 3 aromatic rings. The number of nitrogens with one attached hydrogen (secondary N) is 1. The molecule has 0 unspecified atom stereocenters. The third kappa shape index (κ3) is 2.43. The maximum absolute atomic E-state index is 14.4. The summed E-state index contributed by atoms with van der Waals surface area (Å²) >= 11 is 5.78. The molecule has 0 amide bonds. The molecule has 0 bridgehead atoms. The summed E-state index contributed by atoms with van der Waals surface area (Å²) in [5.41, 5.74) is -1.41. The monoisotopic (exact) mass is 325 g/mol. The molecule has 1 N–H and O–H groups in total. The third-order valence-electron chi connectivity index (χ3n) is 3.02. The Morgan fingerprint density at radius 3 is 2.64 bits per heavy atom. The minimum atomic E-state index is -3.68. The summed E-state index contributed by atoms with van der Waals surface area (Å²) in [5, 5.41) is 0.399. The first-order chi connectivity index (χ1) is 10.4. The molecule has 0 saturated heterocycles. The van der Waals surface area contributed by atoms with Gasteiger partial charge in [-0.25, -0.2) is 9.37 Å². The summed E-state index contributed by atoms with van der Waals surface area (Å²) in [6.45, 7) is 0. The van der Waals surface area contributed by atoms with Gasteiger partial charge in [0.05, 0.1) is 17.1 Å². The number of pyridine rings is 1. The van der Waals surface area contributed by atoms with Crippen molar-refractivity contribution in [3.05, 3.63) is 69.2 Å². The molecule has 1 aromatic carbocycles. The second-order valence-electron chi connectivity index (χ2n) is 4.51. The van der Waals surface area contributed by atoms with Crippen LogP contribution in [0.3, 0.4) is 0 Å². The van der Waals surface area contributed by atoms with Crippen LogP contribution in [0.2, 0.25) is 5.02 Å². The largest absolute Gasteiger partial charge is 0.346 e. The molecule has 0 fully saturated rings. The number of nitrogens with zero attached hydrogens (tertiary/aromatic N) is 2. The molecule has 0 aliphatic carbocycles. The molecule has 0 aliphatic rings. The van der Waals surface area contributed by atoms with E-state index in [2.05, 4.69) is 9.97 Å². The number of fused-ring (bicyclic) bond motifs is 1. The second kappa shape index (κ2) is 5.10. The molecular weight excluding hydrogens is 319 g/mol. The van der Waals surface area contributed by atoms with E-state index < -0.39 is 28.8 Å². The van der Waals surface area contributed by atoms with Crippen molar-refractivity contribution < 1.29 is 13.2 Å². The Hall–Kier alpha value is -2.41. The van der Waals surface area contributed by atoms with Crippen molar-refractivity contribution in [2.45, 2.75) is 5.92 Å². The van der Waals surface area contributed by atoms with E-state index >= 15 is 0 Å². The van der Waals surface area contributed by atoms with Crippen molar-refractivity contribution in [3.63, 3.8) is 0 Å². The SMILES string of the molecule is O=c1[nH]c(C(F)(F)c2ccc(F)cn2)nc2cc(Cl)ccc12. The van der Waals surface area contributed by atoms with Crippen LogP contribution in [0.1, 0.15) is 11.5 Å². The lowest BCUT2D eigenvalue weighted by Crippen LogP contribution is -2.25. The van der Waals surface area contributed by atoms with Crippen molar-refractivity contribution in [2.75, 3.05) is 0 Å². The Bertz CT molecular complexity index is 909. The predicted molar refractivity (Wildman–Crippen MR) is 74.6 cm³/mol. The first-order valence-corrected chi connectivity index (χ1v) is 6.45. The normalized spacial score (nSPS) is 11.8. The first kappa shape index (κ1) is 14.5. The highest BCUT2D eigenvalue weighted by atomic mass is 35.5. The number of hydrogen-bond donors (Lipinski definition) is 1. The van der Waals surface area contributed by atoms with Crippen LogP contribution in [0, 0.1) is 5.82 Å². The summed E-state index contributed by atoms with van der Waals surface area (Å²) in [7, 11) is 0. The molecule has 2 aromatic heterocycles. The van der Waals surface area contributed by atoms with Gasteiger partial charge in [-0.05, 0) is 30.3 Å². The molecule has 112 valence electrons. The molecule has 22 heavy (non-hydrogen) atoms. The average molecular weight is 326 g/mol. The van der Waals surface area contributed by atoms with E-state index in [1.54, 1.807) is 0 Å². The molecule has 0 saturated carbocycles. The van der Waals surface area contributed by atoms with Crippen LogP contribution in [0.15, 0.2) is 41.3 Å². The smallest absolute Gasteiger partial charge is 0.305 e. The van der Waals surface area contributed by atoms with E-state index in [0.29, 0.717) is 6.20 Å². The van der Waals surface area contributed by atoms with Gasteiger partial charge in [0.1, 0.15) is 11.5 Å². The second-order valence-corrected chi connectivity index (χ2v) is 4.95. The van der Waals surface area contributed by atoms with E-state index in [1.807, 2.05) is 4.98 Å². The van der Waals surface area contributed by atoms with Crippen LogP contribution in [0.4, 0.5) is 13.2 Å². The van der Waals surface area contributed by atoms with Crippen LogP contribution in [0.25, 0.3) is 10.9 Å². The van der Waals surface area contributed by atoms with Gasteiger partial charge >= 0.3 is 5.92 Å². The molecule has 0 spiro atoms. The highest BCUT2D eigenvalue weighted by molar-refractivity contribution is 6.31. The molecule has 0 atom stereocenters. The third-order valence-corrected chi connectivity index (χ3v) is 3.25. The highest BCUT2D eigenvalue weighted by Crippen LogP contribution is 2.32. The van der Waals surface area contributed by atoms with E-state index in [0.717, 1.165) is 12.1 Å². The molecule has 4 nitrogen and oxygen atoms in total. The van der Waals surface area contributed by atoms with E-state index in [4.69, 9.17) is 11.6 Å². The van der Waals surface area contributed by atoms with Gasteiger partial charge in [0.15, 0.2) is 5.82 Å². The van der Waals surface area contributed by atoms with E-state index in [-0.39, 0.29) is 15.9 Å². The zero-order chi connectivity index (χ0) is 15.9. The van der Waals surface area contributed by atoms with Crippen molar-refractivity contribution >= 4 is 22.5 Å². The Balaban J connectivity index is 2.20. The lowest BCUT2D eigenvalue weighted by molar-refractivity contribution is 0.0281. The van der Waals surface area contributed by atoms with Gasteiger partial charge < -0.3 is 4.98 Å². The Labute approximate surface area is 126 Å². The number of aromatic nitrogens is 3. The maximum atomic E-state index is 14.4. The maximum Gasteiger partial charge on any atom is 0.346 e. The minimum Gasteiger partial charge on any atom is -0.305 e. The van der Waals surface area contributed by atoms with Crippen molar-refractivity contribution in [1.82, 2.24) is 15.0 Å². The van der Waals surface area contributed by atoms with Crippen LogP contribution >= 0.6 is 11.6 Å². The Morgan fingerprint density at radius 1 is 1.18 bits per heavy atom. The van der Waals surface area contributed by atoms with Gasteiger partial charge in [-0.3, -0.25) is 9.78 Å². The molecule has 8 heteroatoms. The molecule has 2 heterocycles. The summed E-state index contributed by atoms with van der Waals surface area (Å²) < 4.78 is 41.6. The Morgan fingerprint density at radius 2 is 1.95 bits per heavy atom. The van der Waals surface area contributed by atoms with Crippen LogP contribution < -0.4 is 5.56 Å². The first-order valence-electron chi connectivity index (χ1n) is 6.08. The van der Waals surface area contributed by atoms with Crippen LogP contribution in [-0.2, 0) is 5.92 Å². The van der Waals surface area contributed by atoms with Crippen molar-refractivity contribution in [2.24, 2.45) is 0 Å². The quantitative estimate of drug-likeness (QED) is 0.787. The summed E-state index contributed by atoms with van der Waals surface area (Å²) in [5.74, 6) is -5.30. The zero-order valence-corrected chi connectivity index (χ0v) is 11.5. The molecule has 3 rings (SSSR count). The summed E-state index contributed by atoms with van der Waals surface area (Å²) in [4.78, 5) is 21.0. The lowest BCUT2D eigenvalue weighted by Gasteiger charge is -2.15. The van der Waals surface area contributed by atoms with Crippen molar-refractivity contribution in [1.29, 1.82) is 0 Å². The highest BCUT2D eigenvalue weighted by Gasteiger charge is 2.39. The van der Waals surface area contributed by atoms with Gasteiger partial charge in [-0.1, -0.05) is 11.6 Å². The summed E-state index contributed by atoms with van der Waals surface area (Å²) in [6, 6.07) is 5.84. The number of rotatable bonds is 2. The van der Waals surface area contributed by atoms with Crippen LogP contribution in [0.5, 0.6) is 0 Å².